The number of hydrogen-bond acceptors (Lipinski definition) is 6. The second-order valence-electron chi connectivity index (χ2n) is 7.40. The molecule has 1 atom stereocenters. The lowest BCUT2D eigenvalue weighted by Gasteiger charge is -2.29. The van der Waals surface area contributed by atoms with Gasteiger partial charge in [0.2, 0.25) is 0 Å². The quantitative estimate of drug-likeness (QED) is 0.509. The van der Waals surface area contributed by atoms with E-state index in [2.05, 4.69) is 27.5 Å². The minimum absolute atomic E-state index is 0. The van der Waals surface area contributed by atoms with Gasteiger partial charge in [0.05, 0.1) is 24.4 Å². The van der Waals surface area contributed by atoms with E-state index in [1.165, 1.54) is 12.4 Å². The highest BCUT2D eigenvalue weighted by Crippen LogP contribution is 2.36. The van der Waals surface area contributed by atoms with Gasteiger partial charge in [-0.2, -0.15) is 0 Å². The van der Waals surface area contributed by atoms with Crippen LogP contribution in [0.2, 0.25) is 5.02 Å². The van der Waals surface area contributed by atoms with Gasteiger partial charge in [-0.25, -0.2) is 14.4 Å². The van der Waals surface area contributed by atoms with Crippen LogP contribution in [-0.4, -0.2) is 36.3 Å². The van der Waals surface area contributed by atoms with Crippen LogP contribution in [0.15, 0.2) is 36.7 Å². The lowest BCUT2D eigenvalue weighted by molar-refractivity contribution is 0.124. The predicted octanol–water partition coefficient (Wildman–Crippen LogP) is 5.36. The molecule has 0 bridgehead atoms. The molecular formula is C22H25Cl2FN4O2. The van der Waals surface area contributed by atoms with Gasteiger partial charge >= 0.3 is 0 Å². The Labute approximate surface area is 191 Å². The van der Waals surface area contributed by atoms with Crippen molar-refractivity contribution < 1.29 is 13.9 Å². The Kier molecular flexibility index (Phi) is 7.75. The van der Waals surface area contributed by atoms with E-state index in [4.69, 9.17) is 21.1 Å². The zero-order valence-electron chi connectivity index (χ0n) is 17.3. The molecule has 1 fully saturated rings. The number of ether oxygens (including phenoxy) is 2. The fourth-order valence-corrected chi connectivity index (χ4v) is 3.90. The number of rotatable bonds is 6. The SMILES string of the molecule is COc1cc2c(Nc3ccc(Cl)cc3F)ncnc2cc1OC(C)C1CCNCC1.Cl. The number of nitrogens with zero attached hydrogens (tertiary/aromatic N) is 2. The van der Waals surface area contributed by atoms with Gasteiger partial charge in [-0.3, -0.25) is 0 Å². The zero-order valence-corrected chi connectivity index (χ0v) is 18.9. The van der Waals surface area contributed by atoms with Crippen molar-refractivity contribution in [1.29, 1.82) is 0 Å². The first-order chi connectivity index (χ1) is 14.5. The molecule has 1 aliphatic heterocycles. The second-order valence-corrected chi connectivity index (χ2v) is 7.84. The van der Waals surface area contributed by atoms with Gasteiger partial charge in [-0.15, -0.1) is 12.4 Å². The van der Waals surface area contributed by atoms with Gasteiger partial charge in [-0.05, 0) is 63.0 Å². The first-order valence-corrected chi connectivity index (χ1v) is 10.3. The molecule has 0 spiro atoms. The molecule has 1 saturated heterocycles. The van der Waals surface area contributed by atoms with Crippen LogP contribution in [-0.2, 0) is 0 Å². The van der Waals surface area contributed by atoms with E-state index in [0.29, 0.717) is 39.2 Å². The number of anilines is 2. The van der Waals surface area contributed by atoms with E-state index >= 15 is 0 Å². The smallest absolute Gasteiger partial charge is 0.163 e. The van der Waals surface area contributed by atoms with Gasteiger partial charge in [-0.1, -0.05) is 11.6 Å². The molecule has 3 aromatic rings. The van der Waals surface area contributed by atoms with Crippen molar-refractivity contribution in [1.82, 2.24) is 15.3 Å². The summed E-state index contributed by atoms with van der Waals surface area (Å²) in [4.78, 5) is 8.64. The highest BCUT2D eigenvalue weighted by atomic mass is 35.5. The Bertz CT molecular complexity index is 1050. The van der Waals surface area contributed by atoms with E-state index in [-0.39, 0.29) is 24.2 Å². The van der Waals surface area contributed by atoms with Crippen LogP contribution < -0.4 is 20.1 Å². The fraction of sp³-hybridized carbons (Fsp3) is 0.364. The molecule has 6 nitrogen and oxygen atoms in total. The normalized spacial score (nSPS) is 15.2. The summed E-state index contributed by atoms with van der Waals surface area (Å²) in [6.07, 6.45) is 3.66. The summed E-state index contributed by atoms with van der Waals surface area (Å²) in [6, 6.07) is 8.10. The van der Waals surface area contributed by atoms with Gasteiger partial charge in [0.1, 0.15) is 18.0 Å². The summed E-state index contributed by atoms with van der Waals surface area (Å²) in [6.45, 7) is 4.11. The molecule has 2 N–H and O–H groups in total. The van der Waals surface area contributed by atoms with Crippen LogP contribution >= 0.6 is 24.0 Å². The third-order valence-electron chi connectivity index (χ3n) is 5.47. The van der Waals surface area contributed by atoms with Crippen LogP contribution in [0, 0.1) is 11.7 Å². The van der Waals surface area contributed by atoms with Crippen molar-refractivity contribution >= 4 is 46.4 Å². The van der Waals surface area contributed by atoms with E-state index in [9.17, 15) is 4.39 Å². The average Bonchev–Trinajstić information content (AvgIpc) is 2.76. The van der Waals surface area contributed by atoms with Crippen molar-refractivity contribution in [2.45, 2.75) is 25.9 Å². The summed E-state index contributed by atoms with van der Waals surface area (Å²) in [5.41, 5.74) is 0.952. The number of fused-ring (bicyclic) bond motifs is 1. The molecule has 4 rings (SSSR count). The highest BCUT2D eigenvalue weighted by Gasteiger charge is 2.23. The van der Waals surface area contributed by atoms with Gasteiger partial charge in [0, 0.05) is 16.5 Å². The maximum absolute atomic E-state index is 14.2. The number of benzene rings is 2. The molecule has 1 aliphatic rings. The van der Waals surface area contributed by atoms with E-state index < -0.39 is 5.82 Å². The molecule has 0 saturated carbocycles. The Morgan fingerprint density at radius 3 is 2.65 bits per heavy atom. The Morgan fingerprint density at radius 1 is 1.16 bits per heavy atom. The molecule has 166 valence electrons. The van der Waals surface area contributed by atoms with Crippen molar-refractivity contribution in [3.63, 3.8) is 0 Å². The number of piperidine rings is 1. The Balaban J connectivity index is 0.00000272. The van der Waals surface area contributed by atoms with Crippen molar-refractivity contribution in [2.75, 3.05) is 25.5 Å². The Morgan fingerprint density at radius 2 is 1.94 bits per heavy atom. The fourth-order valence-electron chi connectivity index (χ4n) is 3.74. The zero-order chi connectivity index (χ0) is 21.1. The molecule has 0 radical (unpaired) electrons. The molecule has 1 unspecified atom stereocenters. The van der Waals surface area contributed by atoms with E-state index in [0.717, 1.165) is 25.9 Å². The third kappa shape index (κ3) is 5.29. The summed E-state index contributed by atoms with van der Waals surface area (Å²) in [7, 11) is 1.60. The minimum atomic E-state index is -0.461. The molecule has 2 aromatic carbocycles. The largest absolute Gasteiger partial charge is 0.493 e. The van der Waals surface area contributed by atoms with Gasteiger partial charge in [0.15, 0.2) is 11.5 Å². The lowest BCUT2D eigenvalue weighted by atomic mass is 9.93. The third-order valence-corrected chi connectivity index (χ3v) is 5.70. The molecular weight excluding hydrogens is 442 g/mol. The minimum Gasteiger partial charge on any atom is -0.493 e. The molecule has 0 aliphatic carbocycles. The van der Waals surface area contributed by atoms with Gasteiger partial charge < -0.3 is 20.1 Å². The number of halogens is 3. The summed E-state index contributed by atoms with van der Waals surface area (Å²) in [5, 5.41) is 7.42. The molecule has 31 heavy (non-hydrogen) atoms. The number of nitrogens with one attached hydrogen (secondary N) is 2. The summed E-state index contributed by atoms with van der Waals surface area (Å²) >= 11 is 5.84. The van der Waals surface area contributed by atoms with Crippen LogP contribution in [0.25, 0.3) is 10.9 Å². The van der Waals surface area contributed by atoms with Crippen molar-refractivity contribution in [2.24, 2.45) is 5.92 Å². The monoisotopic (exact) mass is 466 g/mol. The maximum atomic E-state index is 14.2. The molecule has 9 heteroatoms. The average molecular weight is 467 g/mol. The highest BCUT2D eigenvalue weighted by molar-refractivity contribution is 6.30. The van der Waals surface area contributed by atoms with E-state index in [1.807, 2.05) is 12.1 Å². The lowest BCUT2D eigenvalue weighted by Crippen LogP contribution is -2.35. The standard InChI is InChI=1S/C22H24ClFN4O2.ClH/c1-13(14-5-7-25-8-6-14)30-21-11-19-16(10-20(21)29-2)22(27-12-26-19)28-18-4-3-15(23)9-17(18)24;/h3-4,9-14,25H,5-8H2,1-2H3,(H,26,27,28);1H. The summed E-state index contributed by atoms with van der Waals surface area (Å²) in [5.74, 6) is 1.72. The number of hydrogen-bond donors (Lipinski definition) is 2. The maximum Gasteiger partial charge on any atom is 0.163 e. The van der Waals surface area contributed by atoms with Crippen molar-refractivity contribution in [3.8, 4) is 11.5 Å². The predicted molar refractivity (Wildman–Crippen MR) is 124 cm³/mol. The molecule has 2 heterocycles. The van der Waals surface area contributed by atoms with Crippen LogP contribution in [0.1, 0.15) is 19.8 Å². The first-order valence-electron chi connectivity index (χ1n) is 9.97. The first kappa shape index (κ1) is 23.3. The van der Waals surface area contributed by atoms with E-state index in [1.54, 1.807) is 19.2 Å². The summed E-state index contributed by atoms with van der Waals surface area (Å²) < 4.78 is 26.1. The second kappa shape index (κ2) is 10.3. The Hall–Kier alpha value is -2.35. The number of aromatic nitrogens is 2. The van der Waals surface area contributed by atoms with Crippen molar-refractivity contribution in [3.05, 3.63) is 47.5 Å². The molecule has 0 amide bonds. The van der Waals surface area contributed by atoms with Crippen LogP contribution in [0.3, 0.4) is 0 Å². The van der Waals surface area contributed by atoms with Crippen LogP contribution in [0.4, 0.5) is 15.9 Å². The number of methoxy groups -OCH3 is 1. The molecule has 1 aromatic heterocycles. The van der Waals surface area contributed by atoms with Gasteiger partial charge in [0.25, 0.3) is 0 Å². The van der Waals surface area contributed by atoms with Crippen LogP contribution in [0.5, 0.6) is 11.5 Å². The topological polar surface area (TPSA) is 68.3 Å².